The molecule has 5 nitrogen and oxygen atoms in total. The smallest absolute Gasteiger partial charge is 0.305 e. The Morgan fingerprint density at radius 2 is 1.85 bits per heavy atom. The highest BCUT2D eigenvalue weighted by Gasteiger charge is 2.30. The maximum atomic E-state index is 12.8. The van der Waals surface area contributed by atoms with Gasteiger partial charge in [-0.3, -0.25) is 4.79 Å². The number of anilines is 1. The van der Waals surface area contributed by atoms with Crippen LogP contribution in [0, 0.1) is 18.3 Å². The van der Waals surface area contributed by atoms with Crippen molar-refractivity contribution in [1.29, 1.82) is 5.26 Å². The Kier molecular flexibility index (Phi) is 4.69. The number of halogens is 3. The summed E-state index contributed by atoms with van der Waals surface area (Å²) in [5.74, 6) is -0.482. The van der Waals surface area contributed by atoms with Crippen molar-refractivity contribution in [3.63, 3.8) is 0 Å². The van der Waals surface area contributed by atoms with Crippen molar-refractivity contribution in [1.82, 2.24) is 9.78 Å². The molecule has 136 valence electrons. The van der Waals surface area contributed by atoms with Crippen LogP contribution in [0.15, 0.2) is 54.6 Å². The largest absolute Gasteiger partial charge is 0.416 e. The maximum Gasteiger partial charge on any atom is 0.416 e. The van der Waals surface area contributed by atoms with Crippen LogP contribution in [0.3, 0.4) is 0 Å². The van der Waals surface area contributed by atoms with E-state index >= 15 is 0 Å². The molecular weight excluding hydrogens is 357 g/mol. The number of nitriles is 1. The summed E-state index contributed by atoms with van der Waals surface area (Å²) in [6.07, 6.45) is -4.52. The molecule has 1 aromatic heterocycles. The first-order valence-electron chi connectivity index (χ1n) is 7.84. The minimum atomic E-state index is -4.52. The highest BCUT2D eigenvalue weighted by atomic mass is 19.4. The molecule has 0 aliphatic heterocycles. The fourth-order valence-corrected chi connectivity index (χ4v) is 2.50. The van der Waals surface area contributed by atoms with Gasteiger partial charge in [0.2, 0.25) is 0 Å². The molecule has 1 N–H and O–H groups in total. The monoisotopic (exact) mass is 370 g/mol. The van der Waals surface area contributed by atoms with E-state index in [1.165, 1.54) is 12.1 Å². The SMILES string of the molecule is Cc1cc(NC(=O)c2cccc(C(F)(F)F)c2)nn1-c1ccc(C#N)cc1. The van der Waals surface area contributed by atoms with Gasteiger partial charge < -0.3 is 5.32 Å². The zero-order valence-corrected chi connectivity index (χ0v) is 14.1. The summed E-state index contributed by atoms with van der Waals surface area (Å²) in [6, 6.07) is 14.5. The molecule has 0 saturated heterocycles. The summed E-state index contributed by atoms with van der Waals surface area (Å²) in [5.41, 5.74) is 0.886. The number of nitrogens with zero attached hydrogens (tertiary/aromatic N) is 3. The first-order chi connectivity index (χ1) is 12.8. The van der Waals surface area contributed by atoms with Crippen LogP contribution in [0.2, 0.25) is 0 Å². The van der Waals surface area contributed by atoms with Gasteiger partial charge in [0.25, 0.3) is 5.91 Å². The molecule has 3 aromatic rings. The number of nitrogens with one attached hydrogen (secondary N) is 1. The van der Waals surface area contributed by atoms with E-state index in [1.807, 2.05) is 6.07 Å². The van der Waals surface area contributed by atoms with Crippen LogP contribution in [-0.4, -0.2) is 15.7 Å². The van der Waals surface area contributed by atoms with E-state index < -0.39 is 17.6 Å². The number of aryl methyl sites for hydroxylation is 1. The van der Waals surface area contributed by atoms with Crippen LogP contribution in [0.4, 0.5) is 19.0 Å². The van der Waals surface area contributed by atoms with E-state index in [1.54, 1.807) is 41.9 Å². The van der Waals surface area contributed by atoms with Gasteiger partial charge >= 0.3 is 6.18 Å². The van der Waals surface area contributed by atoms with Gasteiger partial charge in [-0.05, 0) is 49.4 Å². The highest BCUT2D eigenvalue weighted by molar-refractivity contribution is 6.03. The molecule has 0 aliphatic carbocycles. The van der Waals surface area contributed by atoms with E-state index in [0.717, 1.165) is 12.1 Å². The molecule has 0 spiro atoms. The number of alkyl halides is 3. The lowest BCUT2D eigenvalue weighted by atomic mass is 10.1. The minimum Gasteiger partial charge on any atom is -0.305 e. The lowest BCUT2D eigenvalue weighted by Crippen LogP contribution is -2.14. The summed E-state index contributed by atoms with van der Waals surface area (Å²) in [6.45, 7) is 1.77. The predicted octanol–water partition coefficient (Wildman–Crippen LogP) is 4.32. The molecule has 27 heavy (non-hydrogen) atoms. The second-order valence-corrected chi connectivity index (χ2v) is 5.77. The summed E-state index contributed by atoms with van der Waals surface area (Å²) in [4.78, 5) is 12.3. The minimum absolute atomic E-state index is 0.115. The Hall–Kier alpha value is -3.60. The van der Waals surface area contributed by atoms with Crippen molar-refractivity contribution in [3.8, 4) is 11.8 Å². The second kappa shape index (κ2) is 6.96. The van der Waals surface area contributed by atoms with Gasteiger partial charge in [-0.25, -0.2) is 4.68 Å². The Morgan fingerprint density at radius 1 is 1.15 bits per heavy atom. The van der Waals surface area contributed by atoms with Crippen molar-refractivity contribution in [3.05, 3.63) is 77.0 Å². The van der Waals surface area contributed by atoms with E-state index in [2.05, 4.69) is 10.4 Å². The van der Waals surface area contributed by atoms with Gasteiger partial charge in [0.05, 0.1) is 22.9 Å². The van der Waals surface area contributed by atoms with Crippen LogP contribution in [0.5, 0.6) is 0 Å². The quantitative estimate of drug-likeness (QED) is 0.746. The third-order valence-electron chi connectivity index (χ3n) is 3.82. The molecule has 0 radical (unpaired) electrons. The van der Waals surface area contributed by atoms with Crippen molar-refractivity contribution < 1.29 is 18.0 Å². The fourth-order valence-electron chi connectivity index (χ4n) is 2.50. The molecule has 2 aromatic carbocycles. The standard InChI is InChI=1S/C19H13F3N4O/c1-12-9-17(25-26(12)16-7-5-13(11-23)6-8-16)24-18(27)14-3-2-4-15(10-14)19(20,21)22/h2-10H,1H3,(H,24,25,27). The first-order valence-corrected chi connectivity index (χ1v) is 7.84. The summed E-state index contributed by atoms with van der Waals surface area (Å²) in [5, 5.41) is 15.6. The van der Waals surface area contributed by atoms with Gasteiger partial charge in [0.15, 0.2) is 5.82 Å². The van der Waals surface area contributed by atoms with Crippen LogP contribution >= 0.6 is 0 Å². The number of hydrogen-bond donors (Lipinski definition) is 1. The Morgan fingerprint density at radius 3 is 2.48 bits per heavy atom. The number of benzene rings is 2. The third-order valence-corrected chi connectivity index (χ3v) is 3.82. The molecule has 1 amide bonds. The molecule has 0 saturated carbocycles. The summed E-state index contributed by atoms with van der Waals surface area (Å²) in [7, 11) is 0. The van der Waals surface area contributed by atoms with E-state index in [9.17, 15) is 18.0 Å². The molecule has 0 fully saturated rings. The van der Waals surface area contributed by atoms with Crippen LogP contribution in [0.1, 0.15) is 27.2 Å². The van der Waals surface area contributed by atoms with Gasteiger partial charge in [-0.2, -0.15) is 18.4 Å². The Bertz CT molecular complexity index is 1030. The lowest BCUT2D eigenvalue weighted by molar-refractivity contribution is -0.137. The molecule has 0 unspecified atom stereocenters. The average molecular weight is 370 g/mol. The highest BCUT2D eigenvalue weighted by Crippen LogP contribution is 2.29. The van der Waals surface area contributed by atoms with Gasteiger partial charge in [0, 0.05) is 17.3 Å². The van der Waals surface area contributed by atoms with Crippen molar-refractivity contribution in [2.24, 2.45) is 0 Å². The molecule has 8 heteroatoms. The average Bonchev–Trinajstić information content (AvgIpc) is 3.01. The number of aromatic nitrogens is 2. The first kappa shape index (κ1) is 18.2. The van der Waals surface area contributed by atoms with Gasteiger partial charge in [-0.1, -0.05) is 6.07 Å². The van der Waals surface area contributed by atoms with E-state index in [0.29, 0.717) is 16.9 Å². The predicted molar refractivity (Wildman–Crippen MR) is 92.4 cm³/mol. The number of carbonyl (C=O) groups is 1. The third kappa shape index (κ3) is 3.98. The van der Waals surface area contributed by atoms with Crippen LogP contribution < -0.4 is 5.32 Å². The fraction of sp³-hybridized carbons (Fsp3) is 0.105. The Labute approximate surface area is 152 Å². The zero-order chi connectivity index (χ0) is 19.6. The van der Waals surface area contributed by atoms with Crippen LogP contribution in [0.25, 0.3) is 5.69 Å². The number of amides is 1. The molecular formula is C19H13F3N4O. The normalized spacial score (nSPS) is 11.1. The van der Waals surface area contributed by atoms with E-state index in [-0.39, 0.29) is 11.4 Å². The molecule has 0 atom stereocenters. The van der Waals surface area contributed by atoms with Crippen molar-refractivity contribution in [2.45, 2.75) is 13.1 Å². The number of rotatable bonds is 3. The second-order valence-electron chi connectivity index (χ2n) is 5.77. The zero-order valence-electron chi connectivity index (χ0n) is 14.1. The van der Waals surface area contributed by atoms with Gasteiger partial charge in [0.1, 0.15) is 0 Å². The van der Waals surface area contributed by atoms with E-state index in [4.69, 9.17) is 5.26 Å². The molecule has 0 bridgehead atoms. The number of hydrogen-bond acceptors (Lipinski definition) is 3. The summed E-state index contributed by atoms with van der Waals surface area (Å²) >= 11 is 0. The maximum absolute atomic E-state index is 12.8. The lowest BCUT2D eigenvalue weighted by Gasteiger charge is -2.08. The van der Waals surface area contributed by atoms with Crippen molar-refractivity contribution in [2.75, 3.05) is 5.32 Å². The van der Waals surface area contributed by atoms with Crippen molar-refractivity contribution >= 4 is 11.7 Å². The molecule has 1 heterocycles. The molecule has 3 rings (SSSR count). The molecule has 0 aliphatic rings. The topological polar surface area (TPSA) is 70.7 Å². The Balaban J connectivity index is 1.82. The van der Waals surface area contributed by atoms with Gasteiger partial charge in [-0.15, -0.1) is 5.10 Å². The van der Waals surface area contributed by atoms with Crippen LogP contribution in [-0.2, 0) is 6.18 Å². The summed E-state index contributed by atoms with van der Waals surface area (Å²) < 4.78 is 39.9. The number of carbonyl (C=O) groups excluding carboxylic acids is 1.